The third-order valence-electron chi connectivity index (χ3n) is 5.06. The van der Waals surface area contributed by atoms with Crippen molar-refractivity contribution < 1.29 is 4.79 Å². The molecule has 2 heterocycles. The Balaban J connectivity index is 1.49. The minimum absolute atomic E-state index is 0.380. The van der Waals surface area contributed by atoms with E-state index in [1.807, 2.05) is 0 Å². The third-order valence-corrected chi connectivity index (χ3v) is 5.06. The highest BCUT2D eigenvalue weighted by molar-refractivity contribution is 5.78. The zero-order valence-corrected chi connectivity index (χ0v) is 12.6. The molecule has 0 aromatic heterocycles. The average Bonchev–Trinajstić information content (AvgIpc) is 3.33. The number of nitrogens with zero attached hydrogens (tertiary/aromatic N) is 2. The summed E-state index contributed by atoms with van der Waals surface area (Å²) in [4.78, 5) is 17.0. The van der Waals surface area contributed by atoms with Crippen LogP contribution >= 0.6 is 0 Å². The maximum Gasteiger partial charge on any atom is 0.236 e. The largest absolute Gasteiger partial charge is 0.342 e. The maximum absolute atomic E-state index is 12.5. The Morgan fingerprint density at radius 3 is 2.40 bits per heavy atom. The van der Waals surface area contributed by atoms with E-state index in [4.69, 9.17) is 0 Å². The van der Waals surface area contributed by atoms with Crippen LogP contribution in [0.25, 0.3) is 0 Å². The Labute approximate surface area is 122 Å². The minimum Gasteiger partial charge on any atom is -0.342 e. The molecule has 1 amide bonds. The standard InChI is InChI=1S/C16H29N3O/c20-16(18-10-2-1-3-11-18)13-19(15-4-5-15)12-14-6-8-17-9-7-14/h14-15,17H,1-13H2. The highest BCUT2D eigenvalue weighted by Gasteiger charge is 2.33. The summed E-state index contributed by atoms with van der Waals surface area (Å²) in [6, 6.07) is 0.707. The highest BCUT2D eigenvalue weighted by Crippen LogP contribution is 2.29. The van der Waals surface area contributed by atoms with E-state index in [9.17, 15) is 4.79 Å². The van der Waals surface area contributed by atoms with Gasteiger partial charge >= 0.3 is 0 Å². The van der Waals surface area contributed by atoms with Crippen LogP contribution in [0.2, 0.25) is 0 Å². The predicted molar refractivity (Wildman–Crippen MR) is 80.6 cm³/mol. The van der Waals surface area contributed by atoms with E-state index in [0.29, 0.717) is 18.5 Å². The number of rotatable bonds is 5. The topological polar surface area (TPSA) is 35.6 Å². The Morgan fingerprint density at radius 2 is 1.75 bits per heavy atom. The van der Waals surface area contributed by atoms with Crippen LogP contribution < -0.4 is 5.32 Å². The van der Waals surface area contributed by atoms with Gasteiger partial charge in [0.15, 0.2) is 0 Å². The molecule has 3 aliphatic rings. The van der Waals surface area contributed by atoms with E-state index < -0.39 is 0 Å². The van der Waals surface area contributed by atoms with E-state index in [1.165, 1.54) is 44.9 Å². The first-order chi connectivity index (χ1) is 9.83. The molecule has 1 N–H and O–H groups in total. The van der Waals surface area contributed by atoms with Crippen molar-refractivity contribution in [1.29, 1.82) is 0 Å². The fraction of sp³-hybridized carbons (Fsp3) is 0.938. The van der Waals surface area contributed by atoms with Crippen molar-refractivity contribution in [3.05, 3.63) is 0 Å². The number of nitrogens with one attached hydrogen (secondary N) is 1. The molecule has 2 aliphatic heterocycles. The summed E-state index contributed by atoms with van der Waals surface area (Å²) in [5.74, 6) is 1.18. The summed E-state index contributed by atoms with van der Waals surface area (Å²) in [6.45, 7) is 6.11. The first-order valence-corrected chi connectivity index (χ1v) is 8.55. The zero-order valence-electron chi connectivity index (χ0n) is 12.6. The van der Waals surface area contributed by atoms with Crippen LogP contribution in [0.1, 0.15) is 44.9 Å². The van der Waals surface area contributed by atoms with Gasteiger partial charge < -0.3 is 10.2 Å². The number of hydrogen-bond donors (Lipinski definition) is 1. The number of piperidine rings is 2. The number of carbonyl (C=O) groups is 1. The molecule has 0 spiro atoms. The molecule has 4 heteroatoms. The van der Waals surface area contributed by atoms with Gasteiger partial charge in [-0.25, -0.2) is 0 Å². The summed E-state index contributed by atoms with van der Waals surface area (Å²) in [5, 5.41) is 3.43. The molecule has 0 atom stereocenters. The third kappa shape index (κ3) is 3.95. The Morgan fingerprint density at radius 1 is 1.05 bits per heavy atom. The fourth-order valence-electron chi connectivity index (χ4n) is 3.60. The maximum atomic E-state index is 12.5. The van der Waals surface area contributed by atoms with Crippen LogP contribution in [0.5, 0.6) is 0 Å². The van der Waals surface area contributed by atoms with Crippen LogP contribution in [0.3, 0.4) is 0 Å². The molecule has 1 saturated carbocycles. The number of hydrogen-bond acceptors (Lipinski definition) is 3. The molecule has 114 valence electrons. The van der Waals surface area contributed by atoms with E-state index in [-0.39, 0.29) is 0 Å². The summed E-state index contributed by atoms with van der Waals surface area (Å²) in [5.41, 5.74) is 0. The first-order valence-electron chi connectivity index (χ1n) is 8.55. The Bertz CT molecular complexity index is 318. The van der Waals surface area contributed by atoms with Gasteiger partial charge in [0, 0.05) is 25.7 Å². The smallest absolute Gasteiger partial charge is 0.236 e. The van der Waals surface area contributed by atoms with Crippen molar-refractivity contribution in [2.24, 2.45) is 5.92 Å². The lowest BCUT2D eigenvalue weighted by Gasteiger charge is -2.33. The fourth-order valence-corrected chi connectivity index (χ4v) is 3.60. The molecule has 0 aromatic rings. The molecule has 20 heavy (non-hydrogen) atoms. The molecule has 0 bridgehead atoms. The van der Waals surface area contributed by atoms with Crippen molar-refractivity contribution in [3.63, 3.8) is 0 Å². The number of likely N-dealkylation sites (tertiary alicyclic amines) is 1. The van der Waals surface area contributed by atoms with Gasteiger partial charge in [0.05, 0.1) is 6.54 Å². The first kappa shape index (κ1) is 14.3. The predicted octanol–water partition coefficient (Wildman–Crippen LogP) is 1.46. The average molecular weight is 279 g/mol. The summed E-state index contributed by atoms with van der Waals surface area (Å²) in [7, 11) is 0. The normalized spacial score (nSPS) is 25.1. The lowest BCUT2D eigenvalue weighted by atomic mass is 9.97. The monoisotopic (exact) mass is 279 g/mol. The highest BCUT2D eigenvalue weighted by atomic mass is 16.2. The van der Waals surface area contributed by atoms with Crippen LogP contribution in [0.15, 0.2) is 0 Å². The van der Waals surface area contributed by atoms with Crippen LogP contribution in [-0.4, -0.2) is 61.0 Å². The van der Waals surface area contributed by atoms with E-state index in [2.05, 4.69) is 15.1 Å². The molecule has 4 nitrogen and oxygen atoms in total. The number of amides is 1. The van der Waals surface area contributed by atoms with Crippen LogP contribution in [-0.2, 0) is 4.79 Å². The summed E-state index contributed by atoms with van der Waals surface area (Å²) >= 11 is 0. The van der Waals surface area contributed by atoms with Gasteiger partial charge in [0.25, 0.3) is 0 Å². The molecule has 0 radical (unpaired) electrons. The molecule has 3 rings (SSSR count). The van der Waals surface area contributed by atoms with E-state index in [0.717, 1.165) is 38.6 Å². The molecule has 3 fully saturated rings. The molecule has 0 aromatic carbocycles. The van der Waals surface area contributed by atoms with Crippen molar-refractivity contribution >= 4 is 5.91 Å². The lowest BCUT2D eigenvalue weighted by molar-refractivity contribution is -0.133. The Kier molecular flexibility index (Phi) is 4.94. The van der Waals surface area contributed by atoms with Crippen molar-refractivity contribution in [3.8, 4) is 0 Å². The molecular weight excluding hydrogens is 250 g/mol. The van der Waals surface area contributed by atoms with Gasteiger partial charge in [-0.15, -0.1) is 0 Å². The van der Waals surface area contributed by atoms with Crippen LogP contribution in [0, 0.1) is 5.92 Å². The second-order valence-electron chi connectivity index (χ2n) is 6.80. The molecule has 2 saturated heterocycles. The van der Waals surface area contributed by atoms with Gasteiger partial charge in [-0.1, -0.05) is 0 Å². The quantitative estimate of drug-likeness (QED) is 0.827. The summed E-state index contributed by atoms with van der Waals surface area (Å²) < 4.78 is 0. The van der Waals surface area contributed by atoms with Gasteiger partial charge in [-0.05, 0) is 64.0 Å². The van der Waals surface area contributed by atoms with Gasteiger partial charge in [0.1, 0.15) is 0 Å². The van der Waals surface area contributed by atoms with Crippen molar-refractivity contribution in [2.75, 3.05) is 39.3 Å². The second-order valence-corrected chi connectivity index (χ2v) is 6.80. The van der Waals surface area contributed by atoms with Gasteiger partial charge in [-0.3, -0.25) is 9.69 Å². The van der Waals surface area contributed by atoms with Gasteiger partial charge in [0.2, 0.25) is 5.91 Å². The lowest BCUT2D eigenvalue weighted by Crippen LogP contribution is -2.45. The van der Waals surface area contributed by atoms with Crippen molar-refractivity contribution in [1.82, 2.24) is 15.1 Å². The zero-order chi connectivity index (χ0) is 13.8. The second kappa shape index (κ2) is 6.90. The van der Waals surface area contributed by atoms with Gasteiger partial charge in [-0.2, -0.15) is 0 Å². The Hall–Kier alpha value is -0.610. The van der Waals surface area contributed by atoms with Crippen LogP contribution in [0.4, 0.5) is 0 Å². The minimum atomic E-state index is 0.380. The molecular formula is C16H29N3O. The van der Waals surface area contributed by atoms with E-state index in [1.54, 1.807) is 0 Å². The molecule has 1 aliphatic carbocycles. The van der Waals surface area contributed by atoms with Crippen molar-refractivity contribution in [2.45, 2.75) is 51.0 Å². The summed E-state index contributed by atoms with van der Waals surface area (Å²) in [6.07, 6.45) is 8.86. The molecule has 0 unspecified atom stereocenters. The SMILES string of the molecule is O=C(CN(CC1CCNCC1)C1CC1)N1CCCCC1. The van der Waals surface area contributed by atoms with E-state index >= 15 is 0 Å². The number of carbonyl (C=O) groups excluding carboxylic acids is 1.